The van der Waals surface area contributed by atoms with Gasteiger partial charge in [-0.25, -0.2) is 0 Å². The van der Waals surface area contributed by atoms with Crippen LogP contribution in [-0.4, -0.2) is 76.2 Å². The van der Waals surface area contributed by atoms with Gasteiger partial charge in [-0.15, -0.1) is 0 Å². The molecule has 2 aliphatic rings. The second kappa shape index (κ2) is 10.6. The molecule has 0 aliphatic carbocycles. The topological polar surface area (TPSA) is 67.5 Å². The second-order valence-corrected chi connectivity index (χ2v) is 8.36. The van der Waals surface area contributed by atoms with Crippen LogP contribution in [0.3, 0.4) is 0 Å². The Hall–Kier alpha value is -2.12. The summed E-state index contributed by atoms with van der Waals surface area (Å²) in [5.41, 5.74) is 2.52. The minimum atomic E-state index is 0.122. The van der Waals surface area contributed by atoms with Crippen molar-refractivity contribution in [3.63, 3.8) is 0 Å². The van der Waals surface area contributed by atoms with Crippen molar-refractivity contribution < 1.29 is 24.1 Å². The van der Waals surface area contributed by atoms with Gasteiger partial charge in [-0.05, 0) is 31.9 Å². The zero-order valence-electron chi connectivity index (χ0n) is 17.9. The van der Waals surface area contributed by atoms with Crippen molar-refractivity contribution in [3.8, 4) is 5.75 Å². The van der Waals surface area contributed by atoms with Crippen LogP contribution in [0.5, 0.6) is 5.75 Å². The Bertz CT molecular complexity index is 701. The summed E-state index contributed by atoms with van der Waals surface area (Å²) in [7, 11) is 1.73. The summed E-state index contributed by atoms with van der Waals surface area (Å²) in [5, 5.41) is 3.02. The number of hydrogen-bond acceptors (Lipinski definition) is 3. The first-order valence-corrected chi connectivity index (χ1v) is 10.9. The predicted octanol–water partition coefficient (Wildman–Crippen LogP) is -1.58. The minimum Gasteiger partial charge on any atom is -0.496 e. The highest BCUT2D eigenvalue weighted by Crippen LogP contribution is 2.18. The van der Waals surface area contributed by atoms with Gasteiger partial charge in [0.25, 0.3) is 5.91 Å². The Labute approximate surface area is 174 Å². The van der Waals surface area contributed by atoms with Crippen molar-refractivity contribution in [1.29, 1.82) is 0 Å². The Morgan fingerprint density at radius 2 is 1.97 bits per heavy atom. The van der Waals surface area contributed by atoms with E-state index >= 15 is 0 Å². The fraction of sp³-hybridized carbons (Fsp3) is 0.636. The van der Waals surface area contributed by atoms with Crippen molar-refractivity contribution in [2.45, 2.75) is 32.7 Å². The lowest BCUT2D eigenvalue weighted by Gasteiger charge is -2.29. The molecule has 0 aromatic heterocycles. The molecule has 0 bridgehead atoms. The first kappa shape index (κ1) is 21.6. The van der Waals surface area contributed by atoms with E-state index in [0.29, 0.717) is 19.5 Å². The highest BCUT2D eigenvalue weighted by atomic mass is 16.5. The summed E-state index contributed by atoms with van der Waals surface area (Å²) in [6, 6.07) is 6.35. The molecule has 1 aromatic rings. The maximum absolute atomic E-state index is 12.2. The molecule has 0 atom stereocenters. The van der Waals surface area contributed by atoms with Gasteiger partial charge >= 0.3 is 0 Å². The molecule has 2 heterocycles. The molecule has 2 saturated heterocycles. The number of carbonyl (C=O) groups excluding carboxylic acids is 2. The van der Waals surface area contributed by atoms with Crippen LogP contribution in [0.2, 0.25) is 0 Å². The molecule has 3 rings (SSSR count). The quantitative estimate of drug-likeness (QED) is 0.435. The highest BCUT2D eigenvalue weighted by Gasteiger charge is 2.25. The lowest BCUT2D eigenvalue weighted by Crippen LogP contribution is -3.28. The van der Waals surface area contributed by atoms with Gasteiger partial charge < -0.3 is 24.8 Å². The molecule has 160 valence electrons. The van der Waals surface area contributed by atoms with E-state index in [1.807, 2.05) is 4.90 Å². The van der Waals surface area contributed by atoms with Crippen molar-refractivity contribution in [3.05, 3.63) is 29.3 Å². The molecule has 29 heavy (non-hydrogen) atoms. The van der Waals surface area contributed by atoms with Gasteiger partial charge in [0.15, 0.2) is 6.54 Å². The van der Waals surface area contributed by atoms with Gasteiger partial charge in [-0.2, -0.15) is 0 Å². The second-order valence-electron chi connectivity index (χ2n) is 8.36. The third kappa shape index (κ3) is 6.44. The van der Waals surface area contributed by atoms with Crippen molar-refractivity contribution in [2.24, 2.45) is 0 Å². The van der Waals surface area contributed by atoms with E-state index in [2.05, 4.69) is 30.4 Å². The summed E-state index contributed by atoms with van der Waals surface area (Å²) in [5.74, 6) is 1.34. The number of ether oxygens (including phenoxy) is 1. The monoisotopic (exact) mass is 404 g/mol. The van der Waals surface area contributed by atoms with Gasteiger partial charge in [0.05, 0.1) is 7.11 Å². The number of likely N-dealkylation sites (tertiary alicyclic amines) is 1. The maximum atomic E-state index is 12.2. The molecule has 1 aromatic carbocycles. The number of rotatable bonds is 9. The van der Waals surface area contributed by atoms with Gasteiger partial charge in [-0.1, -0.05) is 11.6 Å². The summed E-state index contributed by atoms with van der Waals surface area (Å²) in [4.78, 5) is 28.6. The molecule has 7 heteroatoms. The fourth-order valence-corrected chi connectivity index (χ4v) is 4.35. The number of amides is 2. The fourth-order valence-electron chi connectivity index (χ4n) is 4.35. The van der Waals surface area contributed by atoms with Crippen molar-refractivity contribution in [2.75, 3.05) is 59.5 Å². The third-order valence-corrected chi connectivity index (χ3v) is 6.05. The van der Waals surface area contributed by atoms with E-state index in [4.69, 9.17) is 4.74 Å². The predicted molar refractivity (Wildman–Crippen MR) is 111 cm³/mol. The molecular weight excluding hydrogens is 368 g/mol. The van der Waals surface area contributed by atoms with E-state index in [-0.39, 0.29) is 11.8 Å². The van der Waals surface area contributed by atoms with Crippen molar-refractivity contribution in [1.82, 2.24) is 10.2 Å². The molecular formula is C22H36N4O3+2. The smallest absolute Gasteiger partial charge is 0.275 e. The van der Waals surface area contributed by atoms with Crippen LogP contribution in [0, 0.1) is 6.92 Å². The molecule has 0 saturated carbocycles. The van der Waals surface area contributed by atoms with Crippen LogP contribution in [-0.2, 0) is 16.1 Å². The van der Waals surface area contributed by atoms with Crippen LogP contribution >= 0.6 is 0 Å². The zero-order chi connectivity index (χ0) is 20.6. The molecule has 2 amide bonds. The van der Waals surface area contributed by atoms with Gasteiger partial charge in [0.1, 0.15) is 38.5 Å². The summed E-state index contributed by atoms with van der Waals surface area (Å²) in [6.45, 7) is 10.1. The van der Waals surface area contributed by atoms with Crippen molar-refractivity contribution >= 4 is 11.8 Å². The summed E-state index contributed by atoms with van der Waals surface area (Å²) in [6.07, 6.45) is 2.49. The third-order valence-electron chi connectivity index (χ3n) is 6.05. The van der Waals surface area contributed by atoms with E-state index in [1.54, 1.807) is 12.0 Å². The SMILES string of the molecule is COc1ccc(C)cc1C[NH+]1CC[NH+](CC(=O)NCCCN2CCCC2=O)CC1. The van der Waals surface area contributed by atoms with Crippen LogP contribution in [0.15, 0.2) is 18.2 Å². The Morgan fingerprint density at radius 3 is 2.66 bits per heavy atom. The average molecular weight is 405 g/mol. The summed E-state index contributed by atoms with van der Waals surface area (Å²) < 4.78 is 5.51. The number of benzene rings is 1. The van der Waals surface area contributed by atoms with Crippen LogP contribution in [0.4, 0.5) is 0 Å². The Balaban J connectivity index is 1.32. The molecule has 3 N–H and O–H groups in total. The maximum Gasteiger partial charge on any atom is 0.275 e. The van der Waals surface area contributed by atoms with E-state index in [0.717, 1.165) is 64.4 Å². The average Bonchev–Trinajstić information content (AvgIpc) is 3.12. The largest absolute Gasteiger partial charge is 0.496 e. The first-order chi connectivity index (χ1) is 14.0. The lowest BCUT2D eigenvalue weighted by atomic mass is 10.1. The lowest BCUT2D eigenvalue weighted by molar-refractivity contribution is -1.02. The molecule has 0 unspecified atom stereocenters. The molecule has 0 spiro atoms. The number of methoxy groups -OCH3 is 1. The zero-order valence-corrected chi connectivity index (χ0v) is 17.9. The minimum absolute atomic E-state index is 0.122. The number of carbonyl (C=O) groups is 2. The van der Waals surface area contributed by atoms with Crippen LogP contribution < -0.4 is 19.9 Å². The normalized spacial score (nSPS) is 22.0. The molecule has 2 aliphatic heterocycles. The number of aryl methyl sites for hydroxylation is 1. The number of hydrogen-bond donors (Lipinski definition) is 3. The van der Waals surface area contributed by atoms with E-state index in [9.17, 15) is 9.59 Å². The van der Waals surface area contributed by atoms with E-state index in [1.165, 1.54) is 16.0 Å². The van der Waals surface area contributed by atoms with Gasteiger partial charge in [0.2, 0.25) is 5.91 Å². The van der Waals surface area contributed by atoms with Crippen LogP contribution in [0.25, 0.3) is 0 Å². The van der Waals surface area contributed by atoms with Gasteiger partial charge in [0, 0.05) is 31.6 Å². The molecule has 0 radical (unpaired) electrons. The van der Waals surface area contributed by atoms with Crippen LogP contribution in [0.1, 0.15) is 30.4 Å². The van der Waals surface area contributed by atoms with E-state index < -0.39 is 0 Å². The molecule has 2 fully saturated rings. The number of piperazine rings is 1. The number of nitrogens with zero attached hydrogens (tertiary/aromatic N) is 1. The number of nitrogens with one attached hydrogen (secondary N) is 3. The summed E-state index contributed by atoms with van der Waals surface area (Å²) >= 11 is 0. The Morgan fingerprint density at radius 1 is 1.21 bits per heavy atom. The standard InChI is InChI=1S/C22H34N4O3/c1-18-6-7-20(29-2)19(15-18)16-24-11-13-25(14-12-24)17-21(27)23-8-4-10-26-9-3-5-22(26)28/h6-7,15H,3-5,8-14,16-17H2,1-2H3,(H,23,27)/p+2. The Kier molecular flexibility index (Phi) is 7.89. The molecule has 7 nitrogen and oxygen atoms in total. The van der Waals surface area contributed by atoms with Gasteiger partial charge in [-0.3, -0.25) is 9.59 Å². The first-order valence-electron chi connectivity index (χ1n) is 10.9. The highest BCUT2D eigenvalue weighted by molar-refractivity contribution is 5.78. The number of quaternary nitrogens is 2.